The van der Waals surface area contributed by atoms with Crippen LogP contribution in [0.5, 0.6) is 5.75 Å². The maximum absolute atomic E-state index is 11.7. The van der Waals surface area contributed by atoms with Crippen molar-refractivity contribution in [3.63, 3.8) is 0 Å². The van der Waals surface area contributed by atoms with Crippen LogP contribution in [-0.2, 0) is 16.4 Å². The number of nitrogens with one attached hydrogen (secondary N) is 3. The Kier molecular flexibility index (Phi) is 5.62. The summed E-state index contributed by atoms with van der Waals surface area (Å²) < 4.78 is 30.3. The number of ether oxygens (including phenoxy) is 1. The molecule has 0 spiro atoms. The average Bonchev–Trinajstić information content (AvgIpc) is 2.94. The zero-order valence-electron chi connectivity index (χ0n) is 12.5. The summed E-state index contributed by atoms with van der Waals surface area (Å²) in [6.45, 7) is 2.97. The van der Waals surface area contributed by atoms with Crippen LogP contribution >= 0.6 is 0 Å². The number of hydrogen-bond acceptors (Lipinski definition) is 4. The second-order valence-corrected chi connectivity index (χ2v) is 7.05. The van der Waals surface area contributed by atoms with Gasteiger partial charge < -0.3 is 15.4 Å². The molecule has 2 rings (SSSR count). The number of rotatable bonds is 7. The second-order valence-electron chi connectivity index (χ2n) is 4.95. The molecule has 22 heavy (non-hydrogen) atoms. The zero-order valence-corrected chi connectivity index (χ0v) is 13.3. The smallest absolute Gasteiger partial charge is 0.319 e. The SMILES string of the molecule is CCS(=O)(=O)NCCCNC(=O)Nc1ccc2c(c1)CCO2. The van der Waals surface area contributed by atoms with Crippen LogP contribution in [0.2, 0.25) is 0 Å². The number of benzene rings is 1. The number of anilines is 1. The third-order valence-electron chi connectivity index (χ3n) is 3.29. The fraction of sp³-hybridized carbons (Fsp3) is 0.500. The van der Waals surface area contributed by atoms with Gasteiger partial charge in [0.25, 0.3) is 0 Å². The van der Waals surface area contributed by atoms with Crippen LogP contribution in [-0.4, -0.2) is 39.9 Å². The van der Waals surface area contributed by atoms with E-state index in [1.54, 1.807) is 13.0 Å². The lowest BCUT2D eigenvalue weighted by Gasteiger charge is -2.09. The van der Waals surface area contributed by atoms with Crippen LogP contribution < -0.4 is 20.1 Å². The van der Waals surface area contributed by atoms with Gasteiger partial charge in [0.2, 0.25) is 10.0 Å². The first kappa shape index (κ1) is 16.6. The molecule has 7 nitrogen and oxygen atoms in total. The molecule has 1 aromatic rings. The molecule has 0 saturated carbocycles. The Balaban J connectivity index is 1.68. The Labute approximate surface area is 130 Å². The van der Waals surface area contributed by atoms with Crippen LogP contribution in [0.3, 0.4) is 0 Å². The predicted octanol–water partition coefficient (Wildman–Crippen LogP) is 1.07. The van der Waals surface area contributed by atoms with Crippen LogP contribution in [0.4, 0.5) is 10.5 Å². The largest absolute Gasteiger partial charge is 0.493 e. The molecule has 0 aromatic heterocycles. The Morgan fingerprint density at radius 1 is 1.32 bits per heavy atom. The van der Waals surface area contributed by atoms with E-state index >= 15 is 0 Å². The molecular formula is C14H21N3O4S. The molecule has 1 aliphatic heterocycles. The molecule has 0 saturated heterocycles. The second kappa shape index (κ2) is 7.46. The molecule has 1 heterocycles. The van der Waals surface area contributed by atoms with E-state index in [0.717, 1.165) is 17.7 Å². The minimum atomic E-state index is -3.16. The van der Waals surface area contributed by atoms with Gasteiger partial charge in [0.1, 0.15) is 5.75 Å². The molecule has 0 aliphatic carbocycles. The number of hydrogen-bond donors (Lipinski definition) is 3. The van der Waals surface area contributed by atoms with E-state index in [1.807, 2.05) is 12.1 Å². The first-order valence-electron chi connectivity index (χ1n) is 7.28. The van der Waals surface area contributed by atoms with Crippen molar-refractivity contribution in [2.24, 2.45) is 0 Å². The van der Waals surface area contributed by atoms with Crippen LogP contribution in [0, 0.1) is 0 Å². The van der Waals surface area contributed by atoms with Crippen molar-refractivity contribution in [2.75, 3.05) is 30.8 Å². The van der Waals surface area contributed by atoms with Crippen molar-refractivity contribution in [1.82, 2.24) is 10.0 Å². The summed E-state index contributed by atoms with van der Waals surface area (Å²) in [6, 6.07) is 5.23. The fourth-order valence-corrected chi connectivity index (χ4v) is 2.72. The highest BCUT2D eigenvalue weighted by molar-refractivity contribution is 7.89. The molecule has 122 valence electrons. The third kappa shape index (κ3) is 4.88. The van der Waals surface area contributed by atoms with Gasteiger partial charge in [-0.1, -0.05) is 0 Å². The Hall–Kier alpha value is -1.80. The monoisotopic (exact) mass is 327 g/mol. The van der Waals surface area contributed by atoms with Gasteiger partial charge in [-0.05, 0) is 37.1 Å². The van der Waals surface area contributed by atoms with Gasteiger partial charge in [-0.2, -0.15) is 0 Å². The molecule has 0 radical (unpaired) electrons. The van der Waals surface area contributed by atoms with Crippen molar-refractivity contribution in [3.05, 3.63) is 23.8 Å². The topological polar surface area (TPSA) is 96.5 Å². The highest BCUT2D eigenvalue weighted by Crippen LogP contribution is 2.27. The molecule has 2 amide bonds. The Bertz CT molecular complexity index is 631. The number of carbonyl (C=O) groups is 1. The van der Waals surface area contributed by atoms with E-state index in [0.29, 0.717) is 31.8 Å². The lowest BCUT2D eigenvalue weighted by molar-refractivity contribution is 0.252. The standard InChI is InChI=1S/C14H21N3O4S/c1-2-22(19,20)16-8-3-7-15-14(18)17-12-4-5-13-11(10-12)6-9-21-13/h4-5,10,16H,2-3,6-9H2,1H3,(H2,15,17,18). The Morgan fingerprint density at radius 3 is 2.91 bits per heavy atom. The summed E-state index contributed by atoms with van der Waals surface area (Å²) in [5.41, 5.74) is 1.81. The van der Waals surface area contributed by atoms with Gasteiger partial charge >= 0.3 is 6.03 Å². The molecule has 3 N–H and O–H groups in total. The van der Waals surface area contributed by atoms with Gasteiger partial charge in [0.05, 0.1) is 12.4 Å². The molecule has 1 aliphatic rings. The van der Waals surface area contributed by atoms with Gasteiger partial charge in [-0.25, -0.2) is 17.9 Å². The zero-order chi connectivity index (χ0) is 16.0. The van der Waals surface area contributed by atoms with Crippen molar-refractivity contribution >= 4 is 21.7 Å². The lowest BCUT2D eigenvalue weighted by atomic mass is 10.1. The predicted molar refractivity (Wildman–Crippen MR) is 84.7 cm³/mol. The minimum absolute atomic E-state index is 0.0585. The third-order valence-corrected chi connectivity index (χ3v) is 4.69. The van der Waals surface area contributed by atoms with E-state index < -0.39 is 10.0 Å². The average molecular weight is 327 g/mol. The summed E-state index contributed by atoms with van der Waals surface area (Å²) in [5.74, 6) is 0.928. The van der Waals surface area contributed by atoms with Crippen molar-refractivity contribution in [2.45, 2.75) is 19.8 Å². The summed E-state index contributed by atoms with van der Waals surface area (Å²) in [7, 11) is -3.16. The maximum Gasteiger partial charge on any atom is 0.319 e. The molecule has 0 atom stereocenters. The van der Waals surface area contributed by atoms with Crippen molar-refractivity contribution in [1.29, 1.82) is 0 Å². The summed E-state index contributed by atoms with van der Waals surface area (Å²) >= 11 is 0. The number of carbonyl (C=O) groups excluding carboxylic acids is 1. The van der Waals surface area contributed by atoms with E-state index in [1.165, 1.54) is 0 Å². The summed E-state index contributed by atoms with van der Waals surface area (Å²) in [6.07, 6.45) is 1.38. The van der Waals surface area contributed by atoms with E-state index in [4.69, 9.17) is 4.74 Å². The summed E-state index contributed by atoms with van der Waals surface area (Å²) in [5, 5.41) is 5.43. The maximum atomic E-state index is 11.7. The van der Waals surface area contributed by atoms with Crippen LogP contribution in [0.1, 0.15) is 18.9 Å². The number of urea groups is 1. The molecular weight excluding hydrogens is 306 g/mol. The number of sulfonamides is 1. The van der Waals surface area contributed by atoms with Gasteiger partial charge in [0, 0.05) is 25.2 Å². The molecule has 8 heteroatoms. The first-order chi connectivity index (χ1) is 10.5. The van der Waals surface area contributed by atoms with Crippen LogP contribution in [0.15, 0.2) is 18.2 Å². The highest BCUT2D eigenvalue weighted by atomic mass is 32.2. The van der Waals surface area contributed by atoms with E-state index in [-0.39, 0.29) is 11.8 Å². The quantitative estimate of drug-likeness (QED) is 0.653. The van der Waals surface area contributed by atoms with Crippen molar-refractivity contribution < 1.29 is 17.9 Å². The molecule has 1 aromatic carbocycles. The molecule has 0 fully saturated rings. The Morgan fingerprint density at radius 2 is 2.14 bits per heavy atom. The van der Waals surface area contributed by atoms with Gasteiger partial charge in [-0.15, -0.1) is 0 Å². The van der Waals surface area contributed by atoms with E-state index in [2.05, 4.69) is 15.4 Å². The number of amides is 2. The minimum Gasteiger partial charge on any atom is -0.493 e. The summed E-state index contributed by atoms with van der Waals surface area (Å²) in [4.78, 5) is 11.7. The van der Waals surface area contributed by atoms with Gasteiger partial charge in [-0.3, -0.25) is 0 Å². The first-order valence-corrected chi connectivity index (χ1v) is 8.93. The van der Waals surface area contributed by atoms with Gasteiger partial charge in [0.15, 0.2) is 0 Å². The fourth-order valence-electron chi connectivity index (χ4n) is 2.06. The molecule has 0 bridgehead atoms. The molecule has 0 unspecified atom stereocenters. The lowest BCUT2D eigenvalue weighted by Crippen LogP contribution is -2.32. The normalized spacial score (nSPS) is 13.3. The van der Waals surface area contributed by atoms with Crippen LogP contribution in [0.25, 0.3) is 0 Å². The van der Waals surface area contributed by atoms with E-state index in [9.17, 15) is 13.2 Å². The highest BCUT2D eigenvalue weighted by Gasteiger charge is 2.12. The van der Waals surface area contributed by atoms with Crippen molar-refractivity contribution in [3.8, 4) is 5.75 Å². The number of fused-ring (bicyclic) bond motifs is 1.